The van der Waals surface area contributed by atoms with E-state index in [4.69, 9.17) is 5.73 Å². The van der Waals surface area contributed by atoms with Crippen LogP contribution >= 0.6 is 0 Å². The van der Waals surface area contributed by atoms with Crippen LogP contribution in [0, 0.1) is 23.7 Å². The van der Waals surface area contributed by atoms with Crippen molar-refractivity contribution in [2.24, 2.45) is 29.4 Å². The summed E-state index contributed by atoms with van der Waals surface area (Å²) >= 11 is 0. The molecule has 0 heterocycles. The van der Waals surface area contributed by atoms with Crippen molar-refractivity contribution in [1.29, 1.82) is 0 Å². The normalized spacial score (nSPS) is 47.5. The molecule has 3 unspecified atom stereocenters. The molecule has 4 atom stereocenters. The van der Waals surface area contributed by atoms with E-state index in [2.05, 4.69) is 6.92 Å². The average molecular weight is 167 g/mol. The molecule has 2 N–H and O–H groups in total. The Morgan fingerprint density at radius 2 is 2.08 bits per heavy atom. The molecule has 0 aromatic heterocycles. The van der Waals surface area contributed by atoms with E-state index >= 15 is 0 Å². The Labute approximate surface area is 75.7 Å². The summed E-state index contributed by atoms with van der Waals surface area (Å²) in [6.07, 6.45) is 7.38. The quantitative estimate of drug-likeness (QED) is 0.637. The van der Waals surface area contributed by atoms with E-state index in [1.807, 2.05) is 0 Å². The molecule has 1 heteroatoms. The number of hydrogen-bond acceptors (Lipinski definition) is 1. The largest absolute Gasteiger partial charge is 0.330 e. The summed E-state index contributed by atoms with van der Waals surface area (Å²) in [6, 6.07) is 0. The SMILES string of the molecule is C[C@@H]1CC2CCCC(C2)C1CN. The second-order valence-electron chi connectivity index (χ2n) is 4.91. The van der Waals surface area contributed by atoms with Crippen molar-refractivity contribution in [1.82, 2.24) is 0 Å². The molecule has 0 radical (unpaired) electrons. The van der Waals surface area contributed by atoms with E-state index in [0.717, 1.165) is 30.2 Å². The van der Waals surface area contributed by atoms with Gasteiger partial charge in [-0.1, -0.05) is 26.2 Å². The van der Waals surface area contributed by atoms with Crippen LogP contribution in [-0.2, 0) is 0 Å². The summed E-state index contributed by atoms with van der Waals surface area (Å²) in [5.41, 5.74) is 5.83. The maximum Gasteiger partial charge on any atom is -0.00437 e. The van der Waals surface area contributed by atoms with Crippen molar-refractivity contribution in [3.05, 3.63) is 0 Å². The molecule has 0 aromatic carbocycles. The Hall–Kier alpha value is -0.0400. The van der Waals surface area contributed by atoms with E-state index in [-0.39, 0.29) is 0 Å². The molecule has 0 aliphatic heterocycles. The molecule has 0 saturated heterocycles. The van der Waals surface area contributed by atoms with Gasteiger partial charge in [0.05, 0.1) is 0 Å². The van der Waals surface area contributed by atoms with Gasteiger partial charge in [0, 0.05) is 0 Å². The molecule has 0 spiro atoms. The molecule has 0 amide bonds. The minimum absolute atomic E-state index is 0.849. The van der Waals surface area contributed by atoms with Gasteiger partial charge in [-0.3, -0.25) is 0 Å². The summed E-state index contributed by atoms with van der Waals surface area (Å²) in [5, 5.41) is 0. The van der Waals surface area contributed by atoms with Crippen LogP contribution in [0.25, 0.3) is 0 Å². The Morgan fingerprint density at radius 1 is 1.25 bits per heavy atom. The van der Waals surface area contributed by atoms with Crippen LogP contribution < -0.4 is 5.73 Å². The number of fused-ring (bicyclic) bond motifs is 2. The third-order valence-electron chi connectivity index (χ3n) is 4.14. The van der Waals surface area contributed by atoms with Crippen LogP contribution in [0.2, 0.25) is 0 Å². The molecule has 2 aliphatic carbocycles. The fraction of sp³-hybridized carbons (Fsp3) is 1.00. The van der Waals surface area contributed by atoms with Crippen molar-refractivity contribution < 1.29 is 0 Å². The molecule has 2 saturated carbocycles. The second-order valence-corrected chi connectivity index (χ2v) is 4.91. The van der Waals surface area contributed by atoms with Crippen LogP contribution in [0.3, 0.4) is 0 Å². The zero-order chi connectivity index (χ0) is 8.55. The first-order valence-corrected chi connectivity index (χ1v) is 5.51. The lowest BCUT2D eigenvalue weighted by atomic mass is 9.63. The molecule has 12 heavy (non-hydrogen) atoms. The van der Waals surface area contributed by atoms with Gasteiger partial charge in [0.25, 0.3) is 0 Å². The zero-order valence-electron chi connectivity index (χ0n) is 8.13. The van der Waals surface area contributed by atoms with Gasteiger partial charge in [-0.2, -0.15) is 0 Å². The summed E-state index contributed by atoms with van der Waals surface area (Å²) < 4.78 is 0. The maximum atomic E-state index is 5.83. The Bertz CT molecular complexity index is 153. The lowest BCUT2D eigenvalue weighted by Gasteiger charge is -2.43. The molecule has 2 bridgehead atoms. The highest BCUT2D eigenvalue weighted by atomic mass is 14.6. The first-order valence-electron chi connectivity index (χ1n) is 5.51. The lowest BCUT2D eigenvalue weighted by molar-refractivity contribution is 0.0768. The number of nitrogens with two attached hydrogens (primary N) is 1. The van der Waals surface area contributed by atoms with Crippen LogP contribution in [0.15, 0.2) is 0 Å². The Kier molecular flexibility index (Phi) is 2.40. The van der Waals surface area contributed by atoms with E-state index in [1.165, 1.54) is 32.1 Å². The van der Waals surface area contributed by atoms with Crippen LogP contribution in [0.5, 0.6) is 0 Å². The van der Waals surface area contributed by atoms with E-state index in [0.29, 0.717) is 0 Å². The first kappa shape index (κ1) is 8.55. The van der Waals surface area contributed by atoms with Crippen LogP contribution in [-0.4, -0.2) is 6.54 Å². The monoisotopic (exact) mass is 167 g/mol. The predicted molar refractivity (Wildman–Crippen MR) is 51.8 cm³/mol. The van der Waals surface area contributed by atoms with Crippen molar-refractivity contribution in [3.8, 4) is 0 Å². The van der Waals surface area contributed by atoms with Crippen LogP contribution in [0.4, 0.5) is 0 Å². The minimum Gasteiger partial charge on any atom is -0.330 e. The van der Waals surface area contributed by atoms with Crippen molar-refractivity contribution in [2.45, 2.75) is 39.0 Å². The van der Waals surface area contributed by atoms with Gasteiger partial charge < -0.3 is 5.73 Å². The highest BCUT2D eigenvalue weighted by Crippen LogP contribution is 2.45. The molecular weight excluding hydrogens is 146 g/mol. The fourth-order valence-corrected chi connectivity index (χ4v) is 3.53. The predicted octanol–water partition coefficient (Wildman–Crippen LogP) is 2.41. The fourth-order valence-electron chi connectivity index (χ4n) is 3.53. The molecule has 2 aliphatic rings. The summed E-state index contributed by atoms with van der Waals surface area (Å²) in [6.45, 7) is 3.33. The van der Waals surface area contributed by atoms with Gasteiger partial charge in [0.2, 0.25) is 0 Å². The standard InChI is InChI=1S/C11H21N/c1-8-5-9-3-2-4-10(6-9)11(8)7-12/h8-11H,2-7,12H2,1H3/t8-,9?,10?,11?/m1/s1. The highest BCUT2D eigenvalue weighted by Gasteiger charge is 2.36. The third-order valence-corrected chi connectivity index (χ3v) is 4.14. The maximum absolute atomic E-state index is 5.83. The summed E-state index contributed by atoms with van der Waals surface area (Å²) in [7, 11) is 0. The molecule has 0 aromatic rings. The molecule has 1 nitrogen and oxygen atoms in total. The van der Waals surface area contributed by atoms with E-state index in [1.54, 1.807) is 0 Å². The molecule has 70 valence electrons. The number of rotatable bonds is 1. The summed E-state index contributed by atoms with van der Waals surface area (Å²) in [5.74, 6) is 3.79. The molecule has 2 rings (SSSR count). The Balaban J connectivity index is 2.05. The van der Waals surface area contributed by atoms with Gasteiger partial charge in [0.15, 0.2) is 0 Å². The van der Waals surface area contributed by atoms with Gasteiger partial charge in [0.1, 0.15) is 0 Å². The van der Waals surface area contributed by atoms with Crippen molar-refractivity contribution >= 4 is 0 Å². The zero-order valence-corrected chi connectivity index (χ0v) is 8.13. The first-order chi connectivity index (χ1) is 5.81. The second kappa shape index (κ2) is 3.37. The van der Waals surface area contributed by atoms with Gasteiger partial charge in [-0.05, 0) is 43.1 Å². The van der Waals surface area contributed by atoms with Crippen LogP contribution in [0.1, 0.15) is 39.0 Å². The number of hydrogen-bond donors (Lipinski definition) is 1. The average Bonchev–Trinajstić information content (AvgIpc) is 2.04. The van der Waals surface area contributed by atoms with Gasteiger partial charge in [-0.15, -0.1) is 0 Å². The van der Waals surface area contributed by atoms with Gasteiger partial charge >= 0.3 is 0 Å². The topological polar surface area (TPSA) is 26.0 Å². The Morgan fingerprint density at radius 3 is 2.83 bits per heavy atom. The minimum atomic E-state index is 0.849. The smallest absolute Gasteiger partial charge is 0.00437 e. The van der Waals surface area contributed by atoms with Gasteiger partial charge in [-0.25, -0.2) is 0 Å². The lowest BCUT2D eigenvalue weighted by Crippen LogP contribution is -2.38. The molecular formula is C11H21N. The highest BCUT2D eigenvalue weighted by molar-refractivity contribution is 4.87. The van der Waals surface area contributed by atoms with E-state index < -0.39 is 0 Å². The van der Waals surface area contributed by atoms with Crippen molar-refractivity contribution in [3.63, 3.8) is 0 Å². The summed E-state index contributed by atoms with van der Waals surface area (Å²) in [4.78, 5) is 0. The van der Waals surface area contributed by atoms with Crippen molar-refractivity contribution in [2.75, 3.05) is 6.54 Å². The van der Waals surface area contributed by atoms with E-state index in [9.17, 15) is 0 Å². The third kappa shape index (κ3) is 1.39. The molecule has 2 fully saturated rings.